The highest BCUT2D eigenvalue weighted by atomic mass is 35.5. The molecule has 0 aromatic carbocycles. The molecule has 0 N–H and O–H groups in total. The standard InChI is InChI=1S/C9H6Cl2N4/c10-7-6-8(15-9(11)14-7)13-5(3-12-6)4-1-2-4/h3-4H,1-2H2. The quantitative estimate of drug-likeness (QED) is 0.568. The van der Waals surface area contributed by atoms with Crippen molar-refractivity contribution in [1.29, 1.82) is 0 Å². The molecule has 6 heteroatoms. The highest BCUT2D eigenvalue weighted by Crippen LogP contribution is 2.39. The van der Waals surface area contributed by atoms with Gasteiger partial charge in [0, 0.05) is 12.1 Å². The Labute approximate surface area is 95.7 Å². The van der Waals surface area contributed by atoms with E-state index in [1.54, 1.807) is 6.20 Å². The Bertz CT molecular complexity index is 539. The molecule has 0 atom stereocenters. The molecule has 2 aromatic rings. The van der Waals surface area contributed by atoms with Crippen LogP contribution >= 0.6 is 23.2 Å². The van der Waals surface area contributed by atoms with E-state index in [0.29, 0.717) is 17.1 Å². The lowest BCUT2D eigenvalue weighted by Gasteiger charge is -2.01. The molecule has 4 nitrogen and oxygen atoms in total. The first-order valence-corrected chi connectivity index (χ1v) is 5.35. The van der Waals surface area contributed by atoms with Crippen LogP contribution in [0.15, 0.2) is 6.20 Å². The molecule has 0 saturated heterocycles. The maximum atomic E-state index is 5.87. The molecule has 2 aromatic heterocycles. The summed E-state index contributed by atoms with van der Waals surface area (Å²) in [7, 11) is 0. The van der Waals surface area contributed by atoms with Gasteiger partial charge in [0.25, 0.3) is 0 Å². The number of halogens is 2. The van der Waals surface area contributed by atoms with Gasteiger partial charge in [-0.25, -0.2) is 15.0 Å². The first-order valence-electron chi connectivity index (χ1n) is 4.60. The summed E-state index contributed by atoms with van der Waals surface area (Å²) in [6, 6.07) is 0. The normalized spacial score (nSPS) is 15.9. The predicted molar refractivity (Wildman–Crippen MR) is 57.1 cm³/mol. The van der Waals surface area contributed by atoms with E-state index in [1.807, 2.05) is 0 Å². The Morgan fingerprint density at radius 3 is 2.67 bits per heavy atom. The zero-order valence-corrected chi connectivity index (χ0v) is 9.13. The van der Waals surface area contributed by atoms with Gasteiger partial charge in [-0.15, -0.1) is 0 Å². The molecule has 1 saturated carbocycles. The van der Waals surface area contributed by atoms with Gasteiger partial charge in [-0.3, -0.25) is 0 Å². The van der Waals surface area contributed by atoms with Crippen LogP contribution in [0.1, 0.15) is 24.5 Å². The molecule has 0 radical (unpaired) electrons. The topological polar surface area (TPSA) is 51.6 Å². The third-order valence-corrected chi connectivity index (χ3v) is 2.78. The summed E-state index contributed by atoms with van der Waals surface area (Å²) in [6.07, 6.45) is 4.09. The smallest absolute Gasteiger partial charge is 0.225 e. The summed E-state index contributed by atoms with van der Waals surface area (Å²) in [6.45, 7) is 0. The van der Waals surface area contributed by atoms with E-state index in [2.05, 4.69) is 19.9 Å². The Balaban J connectivity index is 2.24. The largest absolute Gasteiger partial charge is 0.248 e. The maximum absolute atomic E-state index is 5.87. The molecule has 15 heavy (non-hydrogen) atoms. The third kappa shape index (κ3) is 1.64. The van der Waals surface area contributed by atoms with E-state index in [0.717, 1.165) is 5.69 Å². The molecule has 3 rings (SSSR count). The lowest BCUT2D eigenvalue weighted by molar-refractivity contribution is 1.000. The number of aromatic nitrogens is 4. The second kappa shape index (κ2) is 3.25. The second-order valence-corrected chi connectivity index (χ2v) is 4.22. The highest BCUT2D eigenvalue weighted by Gasteiger charge is 2.26. The molecule has 0 aliphatic heterocycles. The van der Waals surface area contributed by atoms with Crippen molar-refractivity contribution in [3.05, 3.63) is 22.3 Å². The van der Waals surface area contributed by atoms with Gasteiger partial charge in [0.2, 0.25) is 5.28 Å². The summed E-state index contributed by atoms with van der Waals surface area (Å²) in [5.74, 6) is 0.536. The lowest BCUT2D eigenvalue weighted by atomic mass is 10.3. The van der Waals surface area contributed by atoms with Crippen molar-refractivity contribution in [2.45, 2.75) is 18.8 Å². The summed E-state index contributed by atoms with van der Waals surface area (Å²) < 4.78 is 0. The fraction of sp³-hybridized carbons (Fsp3) is 0.333. The van der Waals surface area contributed by atoms with Crippen LogP contribution in [-0.2, 0) is 0 Å². The van der Waals surface area contributed by atoms with Crippen LogP contribution in [0.3, 0.4) is 0 Å². The van der Waals surface area contributed by atoms with Crippen molar-refractivity contribution < 1.29 is 0 Å². The second-order valence-electron chi connectivity index (χ2n) is 3.52. The molecule has 2 heterocycles. The first-order chi connectivity index (χ1) is 7.24. The van der Waals surface area contributed by atoms with Gasteiger partial charge in [0.1, 0.15) is 5.52 Å². The van der Waals surface area contributed by atoms with E-state index in [1.165, 1.54) is 12.8 Å². The minimum Gasteiger partial charge on any atom is -0.248 e. The minimum absolute atomic E-state index is 0.106. The van der Waals surface area contributed by atoms with Crippen molar-refractivity contribution in [3.63, 3.8) is 0 Å². The molecule has 76 valence electrons. The average molecular weight is 241 g/mol. The fourth-order valence-corrected chi connectivity index (χ4v) is 1.86. The minimum atomic E-state index is 0.106. The van der Waals surface area contributed by atoms with Gasteiger partial charge in [-0.05, 0) is 24.4 Å². The van der Waals surface area contributed by atoms with Crippen molar-refractivity contribution >= 4 is 34.4 Å². The van der Waals surface area contributed by atoms with E-state index < -0.39 is 0 Å². The van der Waals surface area contributed by atoms with Gasteiger partial charge >= 0.3 is 0 Å². The zero-order valence-electron chi connectivity index (χ0n) is 7.61. The van der Waals surface area contributed by atoms with Crippen LogP contribution < -0.4 is 0 Å². The maximum Gasteiger partial charge on any atom is 0.225 e. The Hall–Kier alpha value is -1.00. The molecular weight excluding hydrogens is 235 g/mol. The monoisotopic (exact) mass is 240 g/mol. The van der Waals surface area contributed by atoms with Crippen LogP contribution in [-0.4, -0.2) is 19.9 Å². The third-order valence-electron chi connectivity index (χ3n) is 2.35. The molecule has 0 unspecified atom stereocenters. The van der Waals surface area contributed by atoms with Gasteiger partial charge < -0.3 is 0 Å². The molecule has 1 aliphatic rings. The van der Waals surface area contributed by atoms with Crippen molar-refractivity contribution in [2.75, 3.05) is 0 Å². The van der Waals surface area contributed by atoms with E-state index in [-0.39, 0.29) is 10.4 Å². The van der Waals surface area contributed by atoms with E-state index in [9.17, 15) is 0 Å². The van der Waals surface area contributed by atoms with Crippen LogP contribution in [0.25, 0.3) is 11.2 Å². The van der Waals surface area contributed by atoms with Crippen LogP contribution in [0.2, 0.25) is 10.4 Å². The molecule has 0 bridgehead atoms. The SMILES string of the molecule is Clc1nc(Cl)c2ncc(C3CC3)nc2n1. The number of hydrogen-bond donors (Lipinski definition) is 0. The predicted octanol–water partition coefficient (Wildman–Crippen LogP) is 2.60. The Morgan fingerprint density at radius 1 is 1.13 bits per heavy atom. The highest BCUT2D eigenvalue weighted by molar-refractivity contribution is 6.35. The number of nitrogens with zero attached hydrogens (tertiary/aromatic N) is 4. The molecule has 1 fully saturated rings. The first kappa shape index (κ1) is 9.24. The van der Waals surface area contributed by atoms with E-state index in [4.69, 9.17) is 23.2 Å². The van der Waals surface area contributed by atoms with Crippen molar-refractivity contribution in [3.8, 4) is 0 Å². The van der Waals surface area contributed by atoms with Gasteiger partial charge in [0.05, 0.1) is 5.69 Å². The number of rotatable bonds is 1. The Morgan fingerprint density at radius 2 is 1.93 bits per heavy atom. The fourth-order valence-electron chi connectivity index (χ4n) is 1.44. The molecular formula is C9H6Cl2N4. The van der Waals surface area contributed by atoms with Crippen molar-refractivity contribution in [2.24, 2.45) is 0 Å². The van der Waals surface area contributed by atoms with Crippen molar-refractivity contribution in [1.82, 2.24) is 19.9 Å². The number of hydrogen-bond acceptors (Lipinski definition) is 4. The summed E-state index contributed by atoms with van der Waals surface area (Å²) >= 11 is 11.6. The van der Waals surface area contributed by atoms with Gasteiger partial charge in [-0.2, -0.15) is 4.98 Å². The lowest BCUT2D eigenvalue weighted by Crippen LogP contribution is -1.96. The Kier molecular flexibility index (Phi) is 2.00. The summed E-state index contributed by atoms with van der Waals surface area (Å²) in [5, 5.41) is 0.356. The average Bonchev–Trinajstić information content (AvgIpc) is 2.99. The van der Waals surface area contributed by atoms with Crippen LogP contribution in [0, 0.1) is 0 Å². The zero-order chi connectivity index (χ0) is 10.4. The van der Waals surface area contributed by atoms with Gasteiger partial charge in [0.15, 0.2) is 10.8 Å². The molecule has 0 amide bonds. The van der Waals surface area contributed by atoms with Gasteiger partial charge in [-0.1, -0.05) is 11.6 Å². The van der Waals surface area contributed by atoms with E-state index >= 15 is 0 Å². The van der Waals surface area contributed by atoms with Crippen LogP contribution in [0.4, 0.5) is 0 Å². The molecule has 0 spiro atoms. The summed E-state index contributed by atoms with van der Waals surface area (Å²) in [4.78, 5) is 16.4. The molecule has 1 aliphatic carbocycles. The van der Waals surface area contributed by atoms with Crippen LogP contribution in [0.5, 0.6) is 0 Å². The summed E-state index contributed by atoms with van der Waals surface area (Å²) in [5.41, 5.74) is 1.95. The number of fused-ring (bicyclic) bond motifs is 1.